The smallest absolute Gasteiger partial charge is 0.223 e. The average Bonchev–Trinajstić information content (AvgIpc) is 2.55. The number of fused-ring (bicyclic) bond motifs is 1. The van der Waals surface area contributed by atoms with Crippen LogP contribution in [0.15, 0.2) is 36.4 Å². The molecule has 6 nitrogen and oxygen atoms in total. The van der Waals surface area contributed by atoms with Crippen LogP contribution in [0, 0.1) is 0 Å². The summed E-state index contributed by atoms with van der Waals surface area (Å²) >= 11 is 0. The lowest BCUT2D eigenvalue weighted by molar-refractivity contribution is -0.116. The Morgan fingerprint density at radius 3 is 2.52 bits per heavy atom. The summed E-state index contributed by atoms with van der Waals surface area (Å²) in [5.74, 6) is -0.336. The first-order valence-corrected chi connectivity index (χ1v) is 7.87. The second kappa shape index (κ2) is 7.63. The molecule has 25 heavy (non-hydrogen) atoms. The summed E-state index contributed by atoms with van der Waals surface area (Å²) in [7, 11) is 0. The molecular weight excluding hydrogens is 342 g/mol. The van der Waals surface area contributed by atoms with Crippen LogP contribution in [-0.2, 0) is 11.2 Å². The molecule has 2 aromatic carbocycles. The molecule has 0 saturated carbocycles. The molecule has 0 saturated heterocycles. The predicted octanol–water partition coefficient (Wildman–Crippen LogP) is 2.34. The van der Waals surface area contributed by atoms with Gasteiger partial charge in [-0.2, -0.15) is 0 Å². The van der Waals surface area contributed by atoms with E-state index < -0.39 is 0 Å². The molecule has 134 valence electrons. The number of hydrogen-bond acceptors (Lipinski definition) is 5. The van der Waals surface area contributed by atoms with Crippen LogP contribution < -0.4 is 16.0 Å². The van der Waals surface area contributed by atoms with Crippen molar-refractivity contribution in [1.29, 1.82) is 0 Å². The lowest BCUT2D eigenvalue weighted by atomic mass is 9.93. The topological polar surface area (TPSA) is 98.8 Å². The second-order valence-corrected chi connectivity index (χ2v) is 6.02. The van der Waals surface area contributed by atoms with Crippen molar-refractivity contribution in [2.45, 2.75) is 19.4 Å². The molecule has 1 atom stereocenters. The van der Waals surface area contributed by atoms with Gasteiger partial charge in [0.15, 0.2) is 11.5 Å². The third-order valence-electron chi connectivity index (χ3n) is 4.35. The van der Waals surface area contributed by atoms with E-state index in [4.69, 9.17) is 5.73 Å². The molecule has 0 spiro atoms. The van der Waals surface area contributed by atoms with Crippen molar-refractivity contribution in [3.8, 4) is 11.5 Å². The fourth-order valence-corrected chi connectivity index (χ4v) is 3.08. The number of carbonyl (C=O) groups excluding carboxylic acids is 1. The molecule has 1 unspecified atom stereocenters. The molecule has 1 aliphatic heterocycles. The molecule has 0 fully saturated rings. The molecule has 5 N–H and O–H groups in total. The maximum atomic E-state index is 12.1. The van der Waals surface area contributed by atoms with Gasteiger partial charge in [0, 0.05) is 24.8 Å². The monoisotopic (exact) mass is 363 g/mol. The number of halogens is 1. The van der Waals surface area contributed by atoms with Gasteiger partial charge in [0.2, 0.25) is 5.91 Å². The Morgan fingerprint density at radius 1 is 1.24 bits per heavy atom. The third-order valence-corrected chi connectivity index (χ3v) is 4.35. The number of aromatic hydroxyl groups is 2. The van der Waals surface area contributed by atoms with Crippen molar-refractivity contribution in [2.75, 3.05) is 23.7 Å². The Balaban J connectivity index is 0.00000225. The number of benzene rings is 2. The number of phenols is 2. The van der Waals surface area contributed by atoms with E-state index in [0.717, 1.165) is 29.8 Å². The summed E-state index contributed by atoms with van der Waals surface area (Å²) in [6.45, 7) is 2.69. The minimum absolute atomic E-state index is 0. The van der Waals surface area contributed by atoms with Crippen LogP contribution in [0.25, 0.3) is 0 Å². The molecule has 0 bridgehead atoms. The van der Waals surface area contributed by atoms with Crippen LogP contribution in [-0.4, -0.2) is 29.2 Å². The Kier molecular flexibility index (Phi) is 5.77. The zero-order valence-electron chi connectivity index (χ0n) is 13.9. The number of rotatable bonds is 3. The van der Waals surface area contributed by atoms with E-state index in [0.29, 0.717) is 12.2 Å². The molecule has 7 heteroatoms. The average molecular weight is 364 g/mol. The van der Waals surface area contributed by atoms with Crippen molar-refractivity contribution < 1.29 is 15.0 Å². The Morgan fingerprint density at radius 2 is 1.88 bits per heavy atom. The number of phenolic OH excluding ortho intramolecular Hbond substituents is 2. The highest BCUT2D eigenvalue weighted by molar-refractivity contribution is 5.91. The first-order chi connectivity index (χ1) is 11.5. The summed E-state index contributed by atoms with van der Waals surface area (Å²) in [5.41, 5.74) is 9.01. The summed E-state index contributed by atoms with van der Waals surface area (Å²) in [4.78, 5) is 13.8. The largest absolute Gasteiger partial charge is 0.504 e. The number of nitrogens with zero attached hydrogens (tertiary/aromatic N) is 1. The van der Waals surface area contributed by atoms with Crippen molar-refractivity contribution in [2.24, 2.45) is 0 Å². The first-order valence-electron chi connectivity index (χ1n) is 7.87. The van der Waals surface area contributed by atoms with E-state index in [-0.39, 0.29) is 35.9 Å². The highest BCUT2D eigenvalue weighted by Crippen LogP contribution is 2.34. The normalized spacial score (nSPS) is 15.8. The third kappa shape index (κ3) is 3.97. The van der Waals surface area contributed by atoms with Gasteiger partial charge in [-0.3, -0.25) is 4.79 Å². The van der Waals surface area contributed by atoms with Crippen LogP contribution >= 0.6 is 12.4 Å². The quantitative estimate of drug-likeness (QED) is 0.495. The molecule has 1 aliphatic rings. The van der Waals surface area contributed by atoms with Crippen molar-refractivity contribution in [1.82, 2.24) is 5.32 Å². The summed E-state index contributed by atoms with van der Waals surface area (Å²) in [6.07, 6.45) is 0.765. The van der Waals surface area contributed by atoms with E-state index in [1.807, 2.05) is 12.1 Å². The van der Waals surface area contributed by atoms with Crippen LogP contribution in [0.3, 0.4) is 0 Å². The lowest BCUT2D eigenvalue weighted by Crippen LogP contribution is -2.41. The van der Waals surface area contributed by atoms with Crippen LogP contribution in [0.1, 0.15) is 24.1 Å². The van der Waals surface area contributed by atoms with Crippen molar-refractivity contribution in [3.63, 3.8) is 0 Å². The van der Waals surface area contributed by atoms with Gasteiger partial charge in [-0.1, -0.05) is 0 Å². The van der Waals surface area contributed by atoms with E-state index in [2.05, 4.69) is 5.32 Å². The van der Waals surface area contributed by atoms with Gasteiger partial charge in [-0.05, 0) is 60.5 Å². The molecule has 0 aromatic heterocycles. The molecule has 2 aromatic rings. The first kappa shape index (κ1) is 18.9. The maximum absolute atomic E-state index is 12.1. The van der Waals surface area contributed by atoms with Crippen molar-refractivity contribution >= 4 is 29.7 Å². The zero-order valence-corrected chi connectivity index (χ0v) is 14.7. The summed E-state index contributed by atoms with van der Waals surface area (Å²) in [5, 5.41) is 22.9. The van der Waals surface area contributed by atoms with Crippen LogP contribution in [0.2, 0.25) is 0 Å². The number of anilines is 2. The molecule has 1 amide bonds. The standard InChI is InChI=1S/C18H21N3O3.ClH/c1-11(22)21(14-4-2-13(19)3-5-14)10-16-15-9-18(24)17(23)8-12(15)6-7-20-16;/h2-5,8-9,16,20,23-24H,6-7,10,19H2,1H3;1H. The van der Waals surface area contributed by atoms with Crippen LogP contribution in [0.4, 0.5) is 11.4 Å². The lowest BCUT2D eigenvalue weighted by Gasteiger charge is -2.32. The summed E-state index contributed by atoms with van der Waals surface area (Å²) in [6, 6.07) is 10.2. The molecular formula is C18H22ClN3O3. The fraction of sp³-hybridized carbons (Fsp3) is 0.278. The number of carbonyl (C=O) groups is 1. The number of amides is 1. The Hall–Kier alpha value is -2.44. The van der Waals surface area contributed by atoms with Gasteiger partial charge < -0.3 is 26.2 Å². The van der Waals surface area contributed by atoms with Crippen molar-refractivity contribution in [3.05, 3.63) is 47.5 Å². The van der Waals surface area contributed by atoms with Crippen LogP contribution in [0.5, 0.6) is 11.5 Å². The Bertz CT molecular complexity index is 765. The van der Waals surface area contributed by atoms with Gasteiger partial charge >= 0.3 is 0 Å². The number of nitrogens with two attached hydrogens (primary N) is 1. The minimum Gasteiger partial charge on any atom is -0.504 e. The highest BCUT2D eigenvalue weighted by atomic mass is 35.5. The van der Waals surface area contributed by atoms with Gasteiger partial charge in [-0.15, -0.1) is 12.4 Å². The molecule has 3 rings (SSSR count). The van der Waals surface area contributed by atoms with E-state index in [1.165, 1.54) is 6.92 Å². The van der Waals surface area contributed by atoms with E-state index >= 15 is 0 Å². The van der Waals surface area contributed by atoms with E-state index in [1.54, 1.807) is 29.2 Å². The van der Waals surface area contributed by atoms with Gasteiger partial charge in [-0.25, -0.2) is 0 Å². The maximum Gasteiger partial charge on any atom is 0.223 e. The molecule has 0 aliphatic carbocycles. The number of hydrogen-bond donors (Lipinski definition) is 4. The molecule has 1 heterocycles. The number of nitrogens with one attached hydrogen (secondary N) is 1. The second-order valence-electron chi connectivity index (χ2n) is 6.02. The predicted molar refractivity (Wildman–Crippen MR) is 100 cm³/mol. The SMILES string of the molecule is CC(=O)N(CC1NCCc2cc(O)c(O)cc21)c1ccc(N)cc1.Cl. The highest BCUT2D eigenvalue weighted by Gasteiger charge is 2.25. The van der Waals surface area contributed by atoms with Gasteiger partial charge in [0.25, 0.3) is 0 Å². The fourth-order valence-electron chi connectivity index (χ4n) is 3.08. The number of nitrogen functional groups attached to an aromatic ring is 1. The Labute approximate surface area is 152 Å². The van der Waals surface area contributed by atoms with Gasteiger partial charge in [0.05, 0.1) is 6.04 Å². The van der Waals surface area contributed by atoms with Gasteiger partial charge in [0.1, 0.15) is 0 Å². The minimum atomic E-state index is -0.149. The summed E-state index contributed by atoms with van der Waals surface area (Å²) < 4.78 is 0. The van der Waals surface area contributed by atoms with E-state index in [9.17, 15) is 15.0 Å². The zero-order chi connectivity index (χ0) is 17.3. The molecule has 0 radical (unpaired) electrons.